The summed E-state index contributed by atoms with van der Waals surface area (Å²) in [5, 5.41) is 10.1. The molecule has 23 heavy (non-hydrogen) atoms. The molecule has 3 rings (SSSR count). The molecular formula is C17H11Cl2N3O. The molecule has 0 spiro atoms. The standard InChI is InChI=1S/C17H11Cl2N3O/c18-15-4-3-14(8-16(15)19)23-17-7-12(1-2-13(17)9-20)10-22-6-5-21-11-22/h1-8,11H,10H2. The zero-order valence-electron chi connectivity index (χ0n) is 11.9. The van der Waals surface area contributed by atoms with E-state index >= 15 is 0 Å². The van der Waals surface area contributed by atoms with Gasteiger partial charge in [0.05, 0.1) is 21.9 Å². The normalized spacial score (nSPS) is 10.3. The Morgan fingerprint density at radius 3 is 2.70 bits per heavy atom. The maximum Gasteiger partial charge on any atom is 0.145 e. The van der Waals surface area contributed by atoms with Crippen molar-refractivity contribution in [2.24, 2.45) is 0 Å². The zero-order chi connectivity index (χ0) is 16.2. The van der Waals surface area contributed by atoms with Gasteiger partial charge < -0.3 is 9.30 Å². The number of hydrogen-bond donors (Lipinski definition) is 0. The van der Waals surface area contributed by atoms with Gasteiger partial charge >= 0.3 is 0 Å². The average Bonchev–Trinajstić information content (AvgIpc) is 3.04. The van der Waals surface area contributed by atoms with Gasteiger partial charge in [0.25, 0.3) is 0 Å². The molecule has 2 aromatic carbocycles. The monoisotopic (exact) mass is 343 g/mol. The fourth-order valence-electron chi connectivity index (χ4n) is 2.10. The van der Waals surface area contributed by atoms with Gasteiger partial charge in [-0.2, -0.15) is 5.26 Å². The smallest absolute Gasteiger partial charge is 0.145 e. The fraction of sp³-hybridized carbons (Fsp3) is 0.0588. The van der Waals surface area contributed by atoms with Crippen LogP contribution in [0.4, 0.5) is 0 Å². The van der Waals surface area contributed by atoms with Gasteiger partial charge in [-0.15, -0.1) is 0 Å². The number of rotatable bonds is 4. The summed E-state index contributed by atoms with van der Waals surface area (Å²) < 4.78 is 7.74. The molecule has 114 valence electrons. The Morgan fingerprint density at radius 1 is 1.13 bits per heavy atom. The molecule has 0 N–H and O–H groups in total. The largest absolute Gasteiger partial charge is 0.456 e. The van der Waals surface area contributed by atoms with Crippen LogP contribution >= 0.6 is 23.2 Å². The Labute approximate surface area is 143 Å². The van der Waals surface area contributed by atoms with E-state index in [1.54, 1.807) is 36.8 Å². The van der Waals surface area contributed by atoms with Crippen LogP contribution in [0, 0.1) is 11.3 Å². The SMILES string of the molecule is N#Cc1ccc(Cn2ccnc2)cc1Oc1ccc(Cl)c(Cl)c1. The lowest BCUT2D eigenvalue weighted by Gasteiger charge is -2.10. The van der Waals surface area contributed by atoms with E-state index in [0.29, 0.717) is 33.7 Å². The molecule has 0 aliphatic rings. The van der Waals surface area contributed by atoms with Gasteiger partial charge in [0.1, 0.15) is 17.6 Å². The summed E-state index contributed by atoms with van der Waals surface area (Å²) in [6.07, 6.45) is 5.33. The van der Waals surface area contributed by atoms with E-state index in [-0.39, 0.29) is 0 Å². The van der Waals surface area contributed by atoms with Crippen molar-refractivity contribution in [2.75, 3.05) is 0 Å². The molecule has 0 aliphatic heterocycles. The topological polar surface area (TPSA) is 50.8 Å². The first-order chi connectivity index (χ1) is 11.2. The van der Waals surface area contributed by atoms with Crippen molar-refractivity contribution in [1.82, 2.24) is 9.55 Å². The predicted molar refractivity (Wildman–Crippen MR) is 89.0 cm³/mol. The van der Waals surface area contributed by atoms with Crippen molar-refractivity contribution in [3.63, 3.8) is 0 Å². The van der Waals surface area contributed by atoms with Crippen LogP contribution in [0.1, 0.15) is 11.1 Å². The predicted octanol–water partition coefficient (Wildman–Crippen LogP) is 4.90. The van der Waals surface area contributed by atoms with Crippen molar-refractivity contribution < 1.29 is 4.74 Å². The maximum absolute atomic E-state index is 9.25. The van der Waals surface area contributed by atoms with Crippen molar-refractivity contribution >= 4 is 23.2 Å². The van der Waals surface area contributed by atoms with Crippen LogP contribution in [0.3, 0.4) is 0 Å². The van der Waals surface area contributed by atoms with Crippen LogP contribution in [0.5, 0.6) is 11.5 Å². The van der Waals surface area contributed by atoms with E-state index in [1.807, 2.05) is 22.9 Å². The van der Waals surface area contributed by atoms with Crippen LogP contribution in [-0.4, -0.2) is 9.55 Å². The number of hydrogen-bond acceptors (Lipinski definition) is 3. The van der Waals surface area contributed by atoms with Crippen LogP contribution in [0.2, 0.25) is 10.0 Å². The molecule has 0 atom stereocenters. The molecule has 0 radical (unpaired) electrons. The van der Waals surface area contributed by atoms with E-state index in [4.69, 9.17) is 27.9 Å². The third-order valence-corrected chi connectivity index (χ3v) is 3.95. The Bertz CT molecular complexity index is 870. The van der Waals surface area contributed by atoms with Gasteiger partial charge in [-0.05, 0) is 29.8 Å². The van der Waals surface area contributed by atoms with Gasteiger partial charge in [0, 0.05) is 25.0 Å². The highest BCUT2D eigenvalue weighted by Gasteiger charge is 2.08. The number of benzene rings is 2. The number of nitriles is 1. The molecule has 0 unspecified atom stereocenters. The minimum absolute atomic E-state index is 0.400. The molecule has 1 heterocycles. The van der Waals surface area contributed by atoms with Gasteiger partial charge in [0.15, 0.2) is 0 Å². The van der Waals surface area contributed by atoms with Crippen LogP contribution in [-0.2, 0) is 6.54 Å². The maximum atomic E-state index is 9.25. The summed E-state index contributed by atoms with van der Waals surface area (Å²) in [5.74, 6) is 0.999. The summed E-state index contributed by atoms with van der Waals surface area (Å²) >= 11 is 11.9. The third kappa shape index (κ3) is 3.65. The fourth-order valence-corrected chi connectivity index (χ4v) is 2.39. The van der Waals surface area contributed by atoms with Crippen molar-refractivity contribution in [3.8, 4) is 17.6 Å². The Kier molecular flexibility index (Phi) is 4.52. The summed E-state index contributed by atoms with van der Waals surface area (Å²) in [6.45, 7) is 0.642. The highest BCUT2D eigenvalue weighted by Crippen LogP contribution is 2.31. The molecule has 1 aromatic heterocycles. The second-order valence-electron chi connectivity index (χ2n) is 4.86. The molecule has 4 nitrogen and oxygen atoms in total. The van der Waals surface area contributed by atoms with Crippen molar-refractivity contribution in [2.45, 2.75) is 6.54 Å². The summed E-state index contributed by atoms with van der Waals surface area (Å²) in [7, 11) is 0. The van der Waals surface area contributed by atoms with E-state index in [0.717, 1.165) is 5.56 Å². The number of imidazole rings is 1. The first kappa shape index (κ1) is 15.4. The van der Waals surface area contributed by atoms with Crippen molar-refractivity contribution in [1.29, 1.82) is 5.26 Å². The molecule has 0 aliphatic carbocycles. The first-order valence-corrected chi connectivity index (χ1v) is 7.53. The molecule has 0 fully saturated rings. The van der Waals surface area contributed by atoms with E-state index < -0.39 is 0 Å². The lowest BCUT2D eigenvalue weighted by atomic mass is 10.1. The number of ether oxygens (including phenoxy) is 1. The third-order valence-electron chi connectivity index (χ3n) is 3.21. The number of halogens is 2. The minimum Gasteiger partial charge on any atom is -0.456 e. The average molecular weight is 344 g/mol. The van der Waals surface area contributed by atoms with Gasteiger partial charge in [-0.1, -0.05) is 29.3 Å². The molecular weight excluding hydrogens is 333 g/mol. The summed E-state index contributed by atoms with van der Waals surface area (Å²) in [5.41, 5.74) is 1.45. The molecule has 0 amide bonds. The summed E-state index contributed by atoms with van der Waals surface area (Å²) in [6, 6.07) is 12.6. The second kappa shape index (κ2) is 6.74. The van der Waals surface area contributed by atoms with Gasteiger partial charge in [0.2, 0.25) is 0 Å². The highest BCUT2D eigenvalue weighted by molar-refractivity contribution is 6.42. The number of aromatic nitrogens is 2. The lowest BCUT2D eigenvalue weighted by molar-refractivity contribution is 0.480. The molecule has 3 aromatic rings. The Hall–Kier alpha value is -2.48. The Balaban J connectivity index is 1.90. The quantitative estimate of drug-likeness (QED) is 0.676. The first-order valence-electron chi connectivity index (χ1n) is 6.77. The van der Waals surface area contributed by atoms with Crippen molar-refractivity contribution in [3.05, 3.63) is 76.3 Å². The highest BCUT2D eigenvalue weighted by atomic mass is 35.5. The van der Waals surface area contributed by atoms with Gasteiger partial charge in [-0.25, -0.2) is 4.98 Å². The molecule has 0 bridgehead atoms. The zero-order valence-corrected chi connectivity index (χ0v) is 13.4. The van der Waals surface area contributed by atoms with Gasteiger partial charge in [-0.3, -0.25) is 0 Å². The van der Waals surface area contributed by atoms with Crippen LogP contribution < -0.4 is 4.74 Å². The minimum atomic E-state index is 0.400. The summed E-state index contributed by atoms with van der Waals surface area (Å²) in [4.78, 5) is 4.01. The Morgan fingerprint density at radius 2 is 2.00 bits per heavy atom. The van der Waals surface area contributed by atoms with E-state index in [9.17, 15) is 5.26 Å². The van der Waals surface area contributed by atoms with Crippen LogP contribution in [0.15, 0.2) is 55.1 Å². The number of nitrogens with zero attached hydrogens (tertiary/aromatic N) is 3. The second-order valence-corrected chi connectivity index (χ2v) is 5.67. The molecule has 6 heteroatoms. The van der Waals surface area contributed by atoms with E-state index in [1.165, 1.54) is 0 Å². The van der Waals surface area contributed by atoms with Crippen LogP contribution in [0.25, 0.3) is 0 Å². The van der Waals surface area contributed by atoms with E-state index in [2.05, 4.69) is 11.1 Å². The molecule has 0 saturated carbocycles. The lowest BCUT2D eigenvalue weighted by Crippen LogP contribution is -1.98. The molecule has 0 saturated heterocycles.